The van der Waals surface area contributed by atoms with Crippen LogP contribution in [-0.4, -0.2) is 18.3 Å². The summed E-state index contributed by atoms with van der Waals surface area (Å²) in [7, 11) is -0.432. The van der Waals surface area contributed by atoms with Crippen LogP contribution in [0.1, 0.15) is 27.7 Å². The topological polar surface area (TPSA) is 18.5 Å². The number of benzene rings is 7. The van der Waals surface area contributed by atoms with Gasteiger partial charge in [-0.2, -0.15) is 0 Å². The van der Waals surface area contributed by atoms with Gasteiger partial charge in [0.25, 0.3) is 0 Å². The molecule has 7 aromatic carbocycles. The van der Waals surface area contributed by atoms with Gasteiger partial charge in [-0.15, -0.1) is 0 Å². The Morgan fingerprint density at radius 2 is 0.894 bits per heavy atom. The van der Waals surface area contributed by atoms with Crippen LogP contribution in [-0.2, 0) is 9.31 Å². The standard InChI is InChI=1S/C44H37BO2/c1-43(2)44(3,4)47-45(46-43)42-22-10-9-20-41(42)40-19-8-7-18-39(40)36-26-25-33-27-32(23-24-34(33)29-36)31-15-11-16-35(28-31)38-21-12-14-30-13-5-6-17-37(30)38/h5-29H,1-4H3. The van der Waals surface area contributed by atoms with Crippen LogP contribution in [0.15, 0.2) is 152 Å². The fourth-order valence-corrected chi connectivity index (χ4v) is 6.82. The molecule has 0 atom stereocenters. The van der Waals surface area contributed by atoms with Crippen molar-refractivity contribution < 1.29 is 9.31 Å². The van der Waals surface area contributed by atoms with Crippen LogP contribution < -0.4 is 5.46 Å². The van der Waals surface area contributed by atoms with Crippen molar-refractivity contribution in [2.75, 3.05) is 0 Å². The van der Waals surface area contributed by atoms with Crippen molar-refractivity contribution in [2.45, 2.75) is 38.9 Å². The van der Waals surface area contributed by atoms with Crippen molar-refractivity contribution in [3.05, 3.63) is 152 Å². The van der Waals surface area contributed by atoms with Gasteiger partial charge in [0.05, 0.1) is 11.2 Å². The Hall–Kier alpha value is -4.96. The molecule has 228 valence electrons. The molecule has 2 nitrogen and oxygen atoms in total. The van der Waals surface area contributed by atoms with Gasteiger partial charge in [-0.25, -0.2) is 0 Å². The van der Waals surface area contributed by atoms with Gasteiger partial charge in [0.15, 0.2) is 0 Å². The average Bonchev–Trinajstić information content (AvgIpc) is 3.33. The average molecular weight is 609 g/mol. The summed E-state index contributed by atoms with van der Waals surface area (Å²) in [6.07, 6.45) is 0. The fourth-order valence-electron chi connectivity index (χ4n) is 6.82. The van der Waals surface area contributed by atoms with E-state index in [1.165, 1.54) is 60.5 Å². The molecular weight excluding hydrogens is 571 g/mol. The zero-order chi connectivity index (χ0) is 32.2. The highest BCUT2D eigenvalue weighted by Crippen LogP contribution is 2.39. The van der Waals surface area contributed by atoms with E-state index in [0.717, 1.165) is 11.0 Å². The molecule has 0 aromatic heterocycles. The minimum atomic E-state index is -0.432. The van der Waals surface area contributed by atoms with Gasteiger partial charge in [-0.1, -0.05) is 133 Å². The number of hydrogen-bond donors (Lipinski definition) is 0. The van der Waals surface area contributed by atoms with Gasteiger partial charge >= 0.3 is 7.12 Å². The quantitative estimate of drug-likeness (QED) is 0.181. The highest BCUT2D eigenvalue weighted by atomic mass is 16.7. The molecule has 0 unspecified atom stereocenters. The molecule has 0 bridgehead atoms. The Labute approximate surface area is 277 Å². The first-order chi connectivity index (χ1) is 22.8. The van der Waals surface area contributed by atoms with Gasteiger partial charge in [0, 0.05) is 0 Å². The maximum absolute atomic E-state index is 6.49. The van der Waals surface area contributed by atoms with Gasteiger partial charge in [0.1, 0.15) is 0 Å². The second-order valence-electron chi connectivity index (χ2n) is 13.6. The summed E-state index contributed by atoms with van der Waals surface area (Å²) in [6.45, 7) is 8.41. The van der Waals surface area contributed by atoms with Gasteiger partial charge < -0.3 is 9.31 Å². The first kappa shape index (κ1) is 29.4. The van der Waals surface area contributed by atoms with E-state index in [9.17, 15) is 0 Å². The molecule has 1 aliphatic heterocycles. The van der Waals surface area contributed by atoms with E-state index >= 15 is 0 Å². The Balaban J connectivity index is 1.15. The van der Waals surface area contributed by atoms with Crippen LogP contribution in [0.4, 0.5) is 0 Å². The third kappa shape index (κ3) is 5.26. The molecule has 0 radical (unpaired) electrons. The molecule has 0 spiro atoms. The summed E-state index contributed by atoms with van der Waals surface area (Å²) >= 11 is 0. The van der Waals surface area contributed by atoms with E-state index in [4.69, 9.17) is 9.31 Å². The Kier molecular flexibility index (Phi) is 7.13. The number of fused-ring (bicyclic) bond motifs is 2. The summed E-state index contributed by atoms with van der Waals surface area (Å²) in [5.41, 5.74) is 9.82. The van der Waals surface area contributed by atoms with Crippen LogP contribution in [0, 0.1) is 0 Å². The number of rotatable bonds is 5. The lowest BCUT2D eigenvalue weighted by atomic mass is 9.73. The molecule has 0 N–H and O–H groups in total. The van der Waals surface area contributed by atoms with Crippen LogP contribution in [0.2, 0.25) is 0 Å². The molecule has 0 amide bonds. The second-order valence-corrected chi connectivity index (χ2v) is 13.6. The van der Waals surface area contributed by atoms with E-state index in [0.29, 0.717) is 0 Å². The lowest BCUT2D eigenvalue weighted by molar-refractivity contribution is 0.00578. The SMILES string of the molecule is CC1(C)OB(c2ccccc2-c2ccccc2-c2ccc3cc(-c4cccc(-c5cccc6ccccc56)c4)ccc3c2)OC1(C)C. The highest BCUT2D eigenvalue weighted by Gasteiger charge is 2.52. The second kappa shape index (κ2) is 11.4. The van der Waals surface area contributed by atoms with E-state index in [1.807, 2.05) is 0 Å². The molecule has 0 aliphatic carbocycles. The van der Waals surface area contributed by atoms with Crippen molar-refractivity contribution in [1.82, 2.24) is 0 Å². The molecule has 3 heteroatoms. The molecule has 1 saturated heterocycles. The van der Waals surface area contributed by atoms with Crippen LogP contribution >= 0.6 is 0 Å². The predicted octanol–water partition coefficient (Wildman–Crippen LogP) is 11.0. The molecule has 1 fully saturated rings. The van der Waals surface area contributed by atoms with Crippen LogP contribution in [0.3, 0.4) is 0 Å². The van der Waals surface area contributed by atoms with Crippen LogP contribution in [0.25, 0.3) is 66.1 Å². The molecule has 7 aromatic rings. The first-order valence-corrected chi connectivity index (χ1v) is 16.4. The lowest BCUT2D eigenvalue weighted by Crippen LogP contribution is -2.41. The maximum Gasteiger partial charge on any atom is 0.495 e. The lowest BCUT2D eigenvalue weighted by Gasteiger charge is -2.32. The van der Waals surface area contributed by atoms with Crippen molar-refractivity contribution in [3.8, 4) is 44.5 Å². The summed E-state index contributed by atoms with van der Waals surface area (Å²) in [5.74, 6) is 0. The Morgan fingerprint density at radius 3 is 1.68 bits per heavy atom. The summed E-state index contributed by atoms with van der Waals surface area (Å²) < 4.78 is 13.0. The maximum atomic E-state index is 6.49. The van der Waals surface area contributed by atoms with Crippen molar-refractivity contribution in [1.29, 1.82) is 0 Å². The normalized spacial score (nSPS) is 15.4. The monoisotopic (exact) mass is 608 g/mol. The molecule has 1 heterocycles. The zero-order valence-electron chi connectivity index (χ0n) is 27.3. The van der Waals surface area contributed by atoms with Crippen molar-refractivity contribution in [2.24, 2.45) is 0 Å². The zero-order valence-corrected chi connectivity index (χ0v) is 27.3. The van der Waals surface area contributed by atoms with Crippen molar-refractivity contribution >= 4 is 34.1 Å². The van der Waals surface area contributed by atoms with E-state index in [-0.39, 0.29) is 0 Å². The third-order valence-electron chi connectivity index (χ3n) is 10.1. The highest BCUT2D eigenvalue weighted by molar-refractivity contribution is 6.64. The molecule has 0 saturated carbocycles. The number of hydrogen-bond acceptors (Lipinski definition) is 2. The smallest absolute Gasteiger partial charge is 0.399 e. The summed E-state index contributed by atoms with van der Waals surface area (Å²) in [4.78, 5) is 0. The molecule has 47 heavy (non-hydrogen) atoms. The van der Waals surface area contributed by atoms with E-state index in [2.05, 4.69) is 179 Å². The largest absolute Gasteiger partial charge is 0.495 e. The van der Waals surface area contributed by atoms with E-state index in [1.54, 1.807) is 0 Å². The Bertz CT molecular complexity index is 2260. The van der Waals surface area contributed by atoms with Gasteiger partial charge in [-0.05, 0) is 117 Å². The summed E-state index contributed by atoms with van der Waals surface area (Å²) in [6, 6.07) is 54.8. The summed E-state index contributed by atoms with van der Waals surface area (Å²) in [5, 5.41) is 4.97. The Morgan fingerprint density at radius 1 is 0.383 bits per heavy atom. The van der Waals surface area contributed by atoms with Gasteiger partial charge in [-0.3, -0.25) is 0 Å². The third-order valence-corrected chi connectivity index (χ3v) is 10.1. The minimum Gasteiger partial charge on any atom is -0.399 e. The molecule has 8 rings (SSSR count). The molecular formula is C44H37BO2. The first-order valence-electron chi connectivity index (χ1n) is 16.4. The van der Waals surface area contributed by atoms with Gasteiger partial charge in [0.2, 0.25) is 0 Å². The fraction of sp³-hybridized carbons (Fsp3) is 0.136. The molecule has 1 aliphatic rings. The minimum absolute atomic E-state index is 0.404. The van der Waals surface area contributed by atoms with Crippen molar-refractivity contribution in [3.63, 3.8) is 0 Å². The van der Waals surface area contributed by atoms with Crippen LogP contribution in [0.5, 0.6) is 0 Å². The van der Waals surface area contributed by atoms with E-state index < -0.39 is 18.3 Å². The predicted molar refractivity (Wildman–Crippen MR) is 199 cm³/mol.